The first-order chi connectivity index (χ1) is 13.7. The average Bonchev–Trinajstić information content (AvgIpc) is 3.19. The van der Waals surface area contributed by atoms with E-state index in [2.05, 4.69) is 28.2 Å². The minimum atomic E-state index is -4.37. The van der Waals surface area contributed by atoms with E-state index in [4.69, 9.17) is 4.74 Å². The van der Waals surface area contributed by atoms with Crippen LogP contribution >= 0.6 is 11.3 Å². The van der Waals surface area contributed by atoms with Gasteiger partial charge in [-0.2, -0.15) is 13.2 Å². The van der Waals surface area contributed by atoms with E-state index in [9.17, 15) is 18.0 Å². The summed E-state index contributed by atoms with van der Waals surface area (Å²) in [7, 11) is 2.00. The first-order valence-corrected chi connectivity index (χ1v) is 10.2. The van der Waals surface area contributed by atoms with Gasteiger partial charge >= 0.3 is 6.18 Å². The van der Waals surface area contributed by atoms with Gasteiger partial charge in [0.2, 0.25) is 5.91 Å². The van der Waals surface area contributed by atoms with E-state index >= 15 is 0 Å². The fraction of sp³-hybridized carbons (Fsp3) is 0.381. The van der Waals surface area contributed by atoms with Crippen molar-refractivity contribution in [2.24, 2.45) is 13.0 Å². The Balaban J connectivity index is 1.37. The molecule has 1 unspecified atom stereocenters. The number of hydrogen-bond donors (Lipinski definition) is 1. The fourth-order valence-corrected chi connectivity index (χ4v) is 4.54. The van der Waals surface area contributed by atoms with Crippen LogP contribution in [0.3, 0.4) is 0 Å². The van der Waals surface area contributed by atoms with Crippen molar-refractivity contribution in [3.05, 3.63) is 53.0 Å². The van der Waals surface area contributed by atoms with Gasteiger partial charge in [-0.25, -0.2) is 0 Å². The molecule has 0 bridgehead atoms. The van der Waals surface area contributed by atoms with Gasteiger partial charge in [0.25, 0.3) is 0 Å². The highest BCUT2D eigenvalue weighted by molar-refractivity contribution is 7.13. The highest BCUT2D eigenvalue weighted by atomic mass is 32.1. The Kier molecular flexibility index (Phi) is 5.06. The highest BCUT2D eigenvalue weighted by Crippen LogP contribution is 2.50. The van der Waals surface area contributed by atoms with Gasteiger partial charge in [-0.1, -0.05) is 18.2 Å². The summed E-state index contributed by atoms with van der Waals surface area (Å²) < 4.78 is 43.7. The number of aromatic nitrogens is 1. The zero-order chi connectivity index (χ0) is 20.8. The number of fused-ring (bicyclic) bond motifs is 1. The lowest BCUT2D eigenvalue weighted by Gasteiger charge is -2.12. The van der Waals surface area contributed by atoms with Crippen molar-refractivity contribution >= 4 is 28.1 Å². The molecule has 4 nitrogen and oxygen atoms in total. The van der Waals surface area contributed by atoms with Crippen LogP contribution in [-0.2, 0) is 11.8 Å². The molecule has 0 spiro atoms. The average molecular weight is 422 g/mol. The van der Waals surface area contributed by atoms with Crippen LogP contribution in [0.1, 0.15) is 35.7 Å². The molecule has 1 amide bonds. The fourth-order valence-electron chi connectivity index (χ4n) is 3.69. The Morgan fingerprint density at radius 1 is 1.31 bits per heavy atom. The minimum Gasteiger partial charge on any atom is -0.475 e. The zero-order valence-corrected chi connectivity index (χ0v) is 16.8. The van der Waals surface area contributed by atoms with Crippen LogP contribution in [0.25, 0.3) is 10.9 Å². The summed E-state index contributed by atoms with van der Waals surface area (Å²) in [4.78, 5) is 13.4. The number of carbonyl (C=O) groups excluding carboxylic acids is 1. The summed E-state index contributed by atoms with van der Waals surface area (Å²) in [6.07, 6.45) is -1.47. The normalized spacial score (nSPS) is 19.9. The maximum absolute atomic E-state index is 12.7. The predicted octanol–water partition coefficient (Wildman–Crippen LogP) is 5.16. The number of aryl methyl sites for hydroxylation is 1. The molecular formula is C21H21F3N2O2S. The molecule has 0 radical (unpaired) electrons. The number of para-hydroxylation sites is 1. The number of thiophene rings is 1. The molecule has 1 aromatic carbocycles. The highest BCUT2D eigenvalue weighted by Gasteiger charge is 2.45. The van der Waals surface area contributed by atoms with E-state index < -0.39 is 12.8 Å². The summed E-state index contributed by atoms with van der Waals surface area (Å²) in [5.74, 6) is 0.0908. The molecule has 0 aliphatic heterocycles. The Morgan fingerprint density at radius 2 is 2.07 bits per heavy atom. The molecular weight excluding hydrogens is 401 g/mol. The number of nitrogens with one attached hydrogen (secondary N) is 1. The number of amides is 1. The van der Waals surface area contributed by atoms with E-state index in [1.165, 1.54) is 17.0 Å². The largest absolute Gasteiger partial charge is 0.475 e. The van der Waals surface area contributed by atoms with Crippen molar-refractivity contribution < 1.29 is 22.7 Å². The van der Waals surface area contributed by atoms with Crippen molar-refractivity contribution in [3.8, 4) is 5.06 Å². The van der Waals surface area contributed by atoms with E-state index in [1.54, 1.807) is 6.07 Å². The van der Waals surface area contributed by atoms with Crippen LogP contribution in [0.2, 0.25) is 0 Å². The number of ether oxygens (including phenoxy) is 1. The van der Waals surface area contributed by atoms with Gasteiger partial charge in [-0.3, -0.25) is 4.79 Å². The van der Waals surface area contributed by atoms with E-state index in [0.29, 0.717) is 0 Å². The molecule has 1 fully saturated rings. The van der Waals surface area contributed by atoms with E-state index in [-0.39, 0.29) is 28.8 Å². The molecule has 8 heteroatoms. The maximum atomic E-state index is 12.7. The van der Waals surface area contributed by atoms with Crippen LogP contribution in [0.5, 0.6) is 5.06 Å². The van der Waals surface area contributed by atoms with Gasteiger partial charge in [0.05, 0.1) is 6.04 Å². The first-order valence-electron chi connectivity index (χ1n) is 9.36. The standard InChI is InChI=1S/C21H21F3N2O2S/c1-12(18-7-8-19(29-18)28-11-21(22,23)24)25-20(27)15-9-14(15)16-10-26(2)17-6-4-3-5-13(16)17/h3-8,10,12,14-15H,9,11H2,1-2H3,(H,25,27)/t12?,14-,15-/m1/s1. The number of halogens is 3. The molecule has 1 saturated carbocycles. The molecule has 154 valence electrons. The maximum Gasteiger partial charge on any atom is 0.422 e. The van der Waals surface area contributed by atoms with Gasteiger partial charge in [-0.15, -0.1) is 11.3 Å². The number of nitrogens with zero attached hydrogens (tertiary/aromatic N) is 1. The van der Waals surface area contributed by atoms with Crippen molar-refractivity contribution in [1.29, 1.82) is 0 Å². The summed E-state index contributed by atoms with van der Waals surface area (Å²) >= 11 is 1.12. The molecule has 1 N–H and O–H groups in total. The monoisotopic (exact) mass is 422 g/mol. The second-order valence-electron chi connectivity index (χ2n) is 7.45. The van der Waals surface area contributed by atoms with Gasteiger partial charge in [0, 0.05) is 34.9 Å². The minimum absolute atomic E-state index is 0.0263. The number of alkyl halides is 3. The third-order valence-corrected chi connectivity index (χ3v) is 6.40. The molecule has 3 aromatic rings. The second-order valence-corrected chi connectivity index (χ2v) is 8.53. The van der Waals surface area contributed by atoms with Crippen molar-refractivity contribution in [2.75, 3.05) is 6.61 Å². The van der Waals surface area contributed by atoms with Crippen LogP contribution in [-0.4, -0.2) is 23.3 Å². The summed E-state index contributed by atoms with van der Waals surface area (Å²) in [5.41, 5.74) is 2.33. The van der Waals surface area contributed by atoms with Crippen molar-refractivity contribution in [2.45, 2.75) is 31.5 Å². The Morgan fingerprint density at radius 3 is 2.83 bits per heavy atom. The Labute approximate surface area is 170 Å². The van der Waals surface area contributed by atoms with Crippen molar-refractivity contribution in [3.63, 3.8) is 0 Å². The number of rotatable bonds is 6. The molecule has 29 heavy (non-hydrogen) atoms. The molecule has 4 rings (SSSR count). The molecule has 1 aliphatic rings. The van der Waals surface area contributed by atoms with Gasteiger partial charge in [0.15, 0.2) is 11.7 Å². The molecule has 2 heterocycles. The lowest BCUT2D eigenvalue weighted by Crippen LogP contribution is -2.27. The van der Waals surface area contributed by atoms with Crippen LogP contribution in [0, 0.1) is 5.92 Å². The molecule has 1 aliphatic carbocycles. The van der Waals surface area contributed by atoms with Gasteiger partial charge in [-0.05, 0) is 43.0 Å². The summed E-state index contributed by atoms with van der Waals surface area (Å²) in [6.45, 7) is 0.509. The van der Waals surface area contributed by atoms with Crippen molar-refractivity contribution in [1.82, 2.24) is 9.88 Å². The molecule has 0 saturated heterocycles. The SMILES string of the molecule is CC(NC(=O)[C@@H]1C[C@H]1c1cn(C)c2ccccc12)c1ccc(OCC(F)(F)F)s1. The number of hydrogen-bond acceptors (Lipinski definition) is 3. The first kappa shape index (κ1) is 19.8. The summed E-state index contributed by atoms with van der Waals surface area (Å²) in [5, 5.41) is 4.35. The van der Waals surface area contributed by atoms with Crippen LogP contribution < -0.4 is 10.1 Å². The van der Waals surface area contributed by atoms with Gasteiger partial charge in [0.1, 0.15) is 0 Å². The molecule has 2 aromatic heterocycles. The predicted molar refractivity (Wildman–Crippen MR) is 106 cm³/mol. The smallest absolute Gasteiger partial charge is 0.422 e. The number of benzene rings is 1. The lowest BCUT2D eigenvalue weighted by atomic mass is 10.1. The lowest BCUT2D eigenvalue weighted by molar-refractivity contribution is -0.152. The van der Waals surface area contributed by atoms with E-state index in [1.807, 2.05) is 26.1 Å². The van der Waals surface area contributed by atoms with Crippen LogP contribution in [0.4, 0.5) is 13.2 Å². The third kappa shape index (κ3) is 4.27. The topological polar surface area (TPSA) is 43.3 Å². The van der Waals surface area contributed by atoms with Gasteiger partial charge < -0.3 is 14.6 Å². The van der Waals surface area contributed by atoms with E-state index in [0.717, 1.165) is 28.2 Å². The third-order valence-electron chi connectivity index (χ3n) is 5.22. The number of carbonyl (C=O) groups is 1. The Bertz CT molecular complexity index is 1040. The Hall–Kier alpha value is -2.48. The quantitative estimate of drug-likeness (QED) is 0.596. The summed E-state index contributed by atoms with van der Waals surface area (Å²) in [6, 6.07) is 11.0. The second kappa shape index (κ2) is 7.40. The zero-order valence-electron chi connectivity index (χ0n) is 16.0. The van der Waals surface area contributed by atoms with Crippen LogP contribution in [0.15, 0.2) is 42.6 Å². The molecule has 3 atom stereocenters.